The average molecular weight is 235 g/mol. The first-order valence-corrected chi connectivity index (χ1v) is 6.40. The lowest BCUT2D eigenvalue weighted by molar-refractivity contribution is 0.170. The second-order valence-electron chi connectivity index (χ2n) is 5.13. The van der Waals surface area contributed by atoms with Crippen LogP contribution >= 0.6 is 0 Å². The van der Waals surface area contributed by atoms with Crippen LogP contribution in [0.1, 0.15) is 26.3 Å². The molecule has 2 heteroatoms. The monoisotopic (exact) mass is 235 g/mol. The summed E-state index contributed by atoms with van der Waals surface area (Å²) in [5.74, 6) is 1.65. The van der Waals surface area contributed by atoms with Crippen molar-refractivity contribution in [1.82, 2.24) is 4.90 Å². The maximum absolute atomic E-state index is 5.75. The highest BCUT2D eigenvalue weighted by Crippen LogP contribution is 2.13. The van der Waals surface area contributed by atoms with Crippen molar-refractivity contribution in [2.24, 2.45) is 5.92 Å². The van der Waals surface area contributed by atoms with Crippen LogP contribution in [0.15, 0.2) is 24.3 Å². The van der Waals surface area contributed by atoms with E-state index < -0.39 is 0 Å². The van der Waals surface area contributed by atoms with Crippen molar-refractivity contribution in [3.63, 3.8) is 0 Å². The van der Waals surface area contributed by atoms with Crippen molar-refractivity contribution < 1.29 is 4.74 Å². The smallest absolute Gasteiger partial charge is 0.119 e. The molecule has 2 nitrogen and oxygen atoms in total. The lowest BCUT2D eigenvalue weighted by atomic mass is 10.1. The molecule has 0 spiro atoms. The van der Waals surface area contributed by atoms with Gasteiger partial charge in [-0.25, -0.2) is 0 Å². The molecule has 17 heavy (non-hydrogen) atoms. The van der Waals surface area contributed by atoms with E-state index in [2.05, 4.69) is 51.8 Å². The molecule has 0 N–H and O–H groups in total. The van der Waals surface area contributed by atoms with Crippen LogP contribution in [0.5, 0.6) is 5.75 Å². The minimum absolute atomic E-state index is 0.594. The first-order valence-electron chi connectivity index (χ1n) is 6.40. The van der Waals surface area contributed by atoms with Gasteiger partial charge in [0.1, 0.15) is 12.4 Å². The number of hydrogen-bond donors (Lipinski definition) is 0. The van der Waals surface area contributed by atoms with Gasteiger partial charge >= 0.3 is 0 Å². The molecule has 0 aliphatic heterocycles. The number of aryl methyl sites for hydroxylation is 1. The molecule has 0 radical (unpaired) electrons. The Kier molecular flexibility index (Phi) is 5.49. The molecule has 1 aromatic carbocycles. The second kappa shape index (κ2) is 6.65. The zero-order chi connectivity index (χ0) is 12.8. The summed E-state index contributed by atoms with van der Waals surface area (Å²) >= 11 is 0. The van der Waals surface area contributed by atoms with Crippen LogP contribution in [0.25, 0.3) is 0 Å². The topological polar surface area (TPSA) is 12.5 Å². The van der Waals surface area contributed by atoms with E-state index in [1.807, 2.05) is 12.1 Å². The zero-order valence-corrected chi connectivity index (χ0v) is 11.7. The molecule has 0 saturated carbocycles. The maximum Gasteiger partial charge on any atom is 0.119 e. The van der Waals surface area contributed by atoms with E-state index in [0.29, 0.717) is 12.0 Å². The van der Waals surface area contributed by atoms with E-state index in [0.717, 1.165) is 18.9 Å². The molecule has 1 atom stereocenters. The molecular formula is C15H25NO. The predicted octanol–water partition coefficient (Wildman–Crippen LogP) is 3.35. The van der Waals surface area contributed by atoms with Crippen molar-refractivity contribution in [2.75, 3.05) is 20.2 Å². The van der Waals surface area contributed by atoms with Crippen LogP contribution in [0.3, 0.4) is 0 Å². The van der Waals surface area contributed by atoms with Crippen molar-refractivity contribution in [2.45, 2.75) is 33.7 Å². The van der Waals surface area contributed by atoms with E-state index in [9.17, 15) is 0 Å². The quantitative estimate of drug-likeness (QED) is 0.749. The van der Waals surface area contributed by atoms with Crippen LogP contribution in [0, 0.1) is 12.8 Å². The molecule has 0 amide bonds. The minimum atomic E-state index is 0.594. The number of hydrogen-bond acceptors (Lipinski definition) is 2. The number of ether oxygens (including phenoxy) is 1. The van der Waals surface area contributed by atoms with Gasteiger partial charge in [0.05, 0.1) is 0 Å². The summed E-state index contributed by atoms with van der Waals surface area (Å²) in [5, 5.41) is 0. The van der Waals surface area contributed by atoms with Gasteiger partial charge in [0, 0.05) is 12.6 Å². The van der Waals surface area contributed by atoms with Crippen LogP contribution in [0.4, 0.5) is 0 Å². The summed E-state index contributed by atoms with van der Waals surface area (Å²) in [4.78, 5) is 2.35. The van der Waals surface area contributed by atoms with Crippen molar-refractivity contribution in [1.29, 1.82) is 0 Å². The zero-order valence-electron chi connectivity index (χ0n) is 11.7. The van der Waals surface area contributed by atoms with E-state index in [-0.39, 0.29) is 0 Å². The molecule has 0 heterocycles. The lowest BCUT2D eigenvalue weighted by Gasteiger charge is -2.27. The predicted molar refractivity (Wildman–Crippen MR) is 73.6 cm³/mol. The van der Waals surface area contributed by atoms with Crippen molar-refractivity contribution >= 4 is 0 Å². The summed E-state index contributed by atoms with van der Waals surface area (Å²) in [6.07, 6.45) is 0. The highest BCUT2D eigenvalue weighted by Gasteiger charge is 2.12. The second-order valence-corrected chi connectivity index (χ2v) is 5.13. The number of nitrogens with zero attached hydrogens (tertiary/aromatic N) is 1. The third kappa shape index (κ3) is 4.78. The van der Waals surface area contributed by atoms with Gasteiger partial charge in [0.15, 0.2) is 0 Å². The van der Waals surface area contributed by atoms with Gasteiger partial charge in [-0.15, -0.1) is 0 Å². The Labute approximate surface area is 106 Å². The summed E-state index contributed by atoms with van der Waals surface area (Å²) in [6.45, 7) is 10.6. The van der Waals surface area contributed by atoms with Crippen LogP contribution in [-0.4, -0.2) is 31.1 Å². The van der Waals surface area contributed by atoms with Crippen molar-refractivity contribution in [3.05, 3.63) is 29.8 Å². The average Bonchev–Trinajstić information content (AvgIpc) is 2.27. The Hall–Kier alpha value is -1.02. The number of likely N-dealkylation sites (N-methyl/N-ethyl adjacent to an activating group) is 1. The Morgan fingerprint density at radius 1 is 1.24 bits per heavy atom. The SMILES string of the molecule is Cc1cccc(OCCN(C)C(C)C(C)C)c1. The maximum atomic E-state index is 5.75. The molecular weight excluding hydrogens is 210 g/mol. The minimum Gasteiger partial charge on any atom is -0.492 e. The van der Waals surface area contributed by atoms with Crippen LogP contribution in [-0.2, 0) is 0 Å². The molecule has 0 aliphatic carbocycles. The molecule has 0 saturated heterocycles. The fraction of sp³-hybridized carbons (Fsp3) is 0.600. The van der Waals surface area contributed by atoms with Gasteiger partial charge < -0.3 is 9.64 Å². The molecule has 0 aromatic heterocycles. The Morgan fingerprint density at radius 2 is 1.94 bits per heavy atom. The highest BCUT2D eigenvalue weighted by atomic mass is 16.5. The molecule has 0 bridgehead atoms. The Balaban J connectivity index is 2.33. The van der Waals surface area contributed by atoms with Gasteiger partial charge in [0.25, 0.3) is 0 Å². The third-order valence-corrected chi connectivity index (χ3v) is 3.36. The Bertz CT molecular complexity index is 335. The number of benzene rings is 1. The van der Waals surface area contributed by atoms with E-state index in [4.69, 9.17) is 4.74 Å². The van der Waals surface area contributed by atoms with Gasteiger partial charge in [-0.3, -0.25) is 0 Å². The molecule has 0 aliphatic rings. The molecule has 1 aromatic rings. The van der Waals surface area contributed by atoms with Gasteiger partial charge in [-0.05, 0) is 44.5 Å². The molecule has 0 fully saturated rings. The summed E-state index contributed by atoms with van der Waals surface area (Å²) in [7, 11) is 2.16. The third-order valence-electron chi connectivity index (χ3n) is 3.36. The van der Waals surface area contributed by atoms with Crippen LogP contribution < -0.4 is 4.74 Å². The first kappa shape index (κ1) is 14.0. The standard InChI is InChI=1S/C15H25NO/c1-12(2)14(4)16(5)9-10-17-15-8-6-7-13(3)11-15/h6-8,11-12,14H,9-10H2,1-5H3. The van der Waals surface area contributed by atoms with Gasteiger partial charge in [-0.1, -0.05) is 26.0 Å². The number of rotatable bonds is 6. The van der Waals surface area contributed by atoms with Gasteiger partial charge in [-0.2, -0.15) is 0 Å². The van der Waals surface area contributed by atoms with Crippen LogP contribution in [0.2, 0.25) is 0 Å². The summed E-state index contributed by atoms with van der Waals surface area (Å²) in [6, 6.07) is 8.80. The van der Waals surface area contributed by atoms with E-state index in [1.165, 1.54) is 5.56 Å². The van der Waals surface area contributed by atoms with Gasteiger partial charge in [0.2, 0.25) is 0 Å². The normalized spacial score (nSPS) is 13.1. The molecule has 1 rings (SSSR count). The van der Waals surface area contributed by atoms with E-state index in [1.54, 1.807) is 0 Å². The highest BCUT2D eigenvalue weighted by molar-refractivity contribution is 5.27. The summed E-state index contributed by atoms with van der Waals surface area (Å²) in [5.41, 5.74) is 1.24. The first-order chi connectivity index (χ1) is 8.00. The van der Waals surface area contributed by atoms with E-state index >= 15 is 0 Å². The fourth-order valence-corrected chi connectivity index (χ4v) is 1.73. The summed E-state index contributed by atoms with van der Waals surface area (Å²) < 4.78 is 5.75. The largest absolute Gasteiger partial charge is 0.492 e. The Morgan fingerprint density at radius 3 is 2.53 bits per heavy atom. The lowest BCUT2D eigenvalue weighted by Crippen LogP contribution is -2.36. The van der Waals surface area contributed by atoms with Crippen molar-refractivity contribution in [3.8, 4) is 5.75 Å². The fourth-order valence-electron chi connectivity index (χ4n) is 1.73. The molecule has 96 valence electrons. The molecule has 1 unspecified atom stereocenters.